The maximum absolute atomic E-state index is 9.90. The summed E-state index contributed by atoms with van der Waals surface area (Å²) in [4.78, 5) is 4.13. The summed E-state index contributed by atoms with van der Waals surface area (Å²) in [5.74, 6) is 0. The highest BCUT2D eigenvalue weighted by atomic mass is 16.3. The van der Waals surface area contributed by atoms with Crippen molar-refractivity contribution in [3.63, 3.8) is 0 Å². The first-order valence-corrected chi connectivity index (χ1v) is 4.66. The molecule has 13 heavy (non-hydrogen) atoms. The third kappa shape index (κ3) is 1.73. The summed E-state index contributed by atoms with van der Waals surface area (Å²) in [6.07, 6.45) is 5.31. The van der Waals surface area contributed by atoms with Gasteiger partial charge in [0.2, 0.25) is 0 Å². The van der Waals surface area contributed by atoms with Gasteiger partial charge in [-0.2, -0.15) is 0 Å². The van der Waals surface area contributed by atoms with Gasteiger partial charge in [0.1, 0.15) is 6.10 Å². The topological polar surface area (TPSA) is 50.1 Å². The Morgan fingerprint density at radius 3 is 3.15 bits per heavy atom. The van der Waals surface area contributed by atoms with Crippen molar-refractivity contribution in [3.8, 4) is 0 Å². The van der Waals surface area contributed by atoms with Gasteiger partial charge in [-0.3, -0.25) is 0 Å². The standard InChI is InChI=1S/C9H15N3O/c1-12-5-8(11-6-12)9(13)7-3-2-4-10-7/h5-7,9-10,13H,2-4H2,1H3/t7-,9?/m0/s1. The molecule has 1 unspecified atom stereocenters. The van der Waals surface area contributed by atoms with Crippen molar-refractivity contribution >= 4 is 0 Å². The van der Waals surface area contributed by atoms with Crippen molar-refractivity contribution < 1.29 is 5.11 Å². The van der Waals surface area contributed by atoms with Crippen LogP contribution in [0.3, 0.4) is 0 Å². The maximum Gasteiger partial charge on any atom is 0.113 e. The largest absolute Gasteiger partial charge is 0.385 e. The number of aryl methyl sites for hydroxylation is 1. The Labute approximate surface area is 77.6 Å². The second-order valence-corrected chi connectivity index (χ2v) is 3.61. The SMILES string of the molecule is Cn1cnc(C(O)[C@@H]2CCCN2)c1. The van der Waals surface area contributed by atoms with Crippen LogP contribution in [0.5, 0.6) is 0 Å². The highest BCUT2D eigenvalue weighted by Crippen LogP contribution is 2.20. The van der Waals surface area contributed by atoms with Crippen LogP contribution in [0.2, 0.25) is 0 Å². The summed E-state index contributed by atoms with van der Waals surface area (Å²) < 4.78 is 1.85. The van der Waals surface area contributed by atoms with Crippen molar-refractivity contribution in [3.05, 3.63) is 18.2 Å². The lowest BCUT2D eigenvalue weighted by molar-refractivity contribution is 0.133. The van der Waals surface area contributed by atoms with Gasteiger partial charge in [0.25, 0.3) is 0 Å². The van der Waals surface area contributed by atoms with Crippen LogP contribution in [-0.2, 0) is 7.05 Å². The van der Waals surface area contributed by atoms with E-state index in [9.17, 15) is 5.11 Å². The van der Waals surface area contributed by atoms with E-state index in [-0.39, 0.29) is 6.04 Å². The van der Waals surface area contributed by atoms with E-state index in [0.29, 0.717) is 0 Å². The molecule has 1 aliphatic heterocycles. The second-order valence-electron chi connectivity index (χ2n) is 3.61. The van der Waals surface area contributed by atoms with Crippen LogP contribution in [0.25, 0.3) is 0 Å². The quantitative estimate of drug-likeness (QED) is 0.685. The molecule has 0 bridgehead atoms. The van der Waals surface area contributed by atoms with Crippen molar-refractivity contribution in [2.45, 2.75) is 25.0 Å². The normalized spacial score (nSPS) is 24.9. The smallest absolute Gasteiger partial charge is 0.113 e. The molecular weight excluding hydrogens is 166 g/mol. The van der Waals surface area contributed by atoms with Crippen LogP contribution in [-0.4, -0.2) is 27.2 Å². The Balaban J connectivity index is 2.07. The molecule has 4 heteroatoms. The maximum atomic E-state index is 9.90. The van der Waals surface area contributed by atoms with E-state index < -0.39 is 6.10 Å². The summed E-state index contributed by atoms with van der Waals surface area (Å²) in [6, 6.07) is 0.190. The predicted octanol–water partition coefficient (Wildman–Crippen LogP) is 0.205. The van der Waals surface area contributed by atoms with Crippen LogP contribution in [0, 0.1) is 0 Å². The van der Waals surface area contributed by atoms with E-state index in [1.54, 1.807) is 6.33 Å². The zero-order valence-electron chi connectivity index (χ0n) is 7.77. The van der Waals surface area contributed by atoms with Crippen LogP contribution < -0.4 is 5.32 Å². The molecule has 1 aliphatic rings. The van der Waals surface area contributed by atoms with E-state index in [0.717, 1.165) is 25.1 Å². The lowest BCUT2D eigenvalue weighted by Gasteiger charge is -2.15. The van der Waals surface area contributed by atoms with Gasteiger partial charge < -0.3 is 15.0 Å². The number of hydrogen-bond acceptors (Lipinski definition) is 3. The molecule has 2 rings (SSSR count). The number of hydrogen-bond donors (Lipinski definition) is 2. The first kappa shape index (κ1) is 8.72. The summed E-state index contributed by atoms with van der Waals surface area (Å²) in [5, 5.41) is 13.2. The molecule has 0 radical (unpaired) electrons. The molecule has 1 aromatic heterocycles. The molecule has 2 heterocycles. The molecule has 72 valence electrons. The molecule has 1 saturated heterocycles. The van der Waals surface area contributed by atoms with Gasteiger partial charge in [-0.05, 0) is 19.4 Å². The molecule has 0 spiro atoms. The molecule has 4 nitrogen and oxygen atoms in total. The molecule has 2 atom stereocenters. The summed E-state index contributed by atoms with van der Waals surface area (Å²) in [6.45, 7) is 1.01. The van der Waals surface area contributed by atoms with E-state index in [2.05, 4.69) is 10.3 Å². The lowest BCUT2D eigenvalue weighted by atomic mass is 10.1. The average molecular weight is 181 g/mol. The van der Waals surface area contributed by atoms with Crippen molar-refractivity contribution in [2.75, 3.05) is 6.54 Å². The molecule has 0 saturated carbocycles. The molecule has 2 N–H and O–H groups in total. The monoisotopic (exact) mass is 181 g/mol. The number of aliphatic hydroxyl groups is 1. The molecule has 1 aromatic rings. The van der Waals surface area contributed by atoms with E-state index in [4.69, 9.17) is 0 Å². The third-order valence-corrected chi connectivity index (χ3v) is 2.51. The molecule has 1 fully saturated rings. The number of aromatic nitrogens is 2. The van der Waals surface area contributed by atoms with Gasteiger partial charge in [0, 0.05) is 19.3 Å². The van der Waals surface area contributed by atoms with Gasteiger partial charge >= 0.3 is 0 Å². The Morgan fingerprint density at radius 1 is 1.77 bits per heavy atom. The van der Waals surface area contributed by atoms with E-state index in [1.807, 2.05) is 17.8 Å². The summed E-state index contributed by atoms with van der Waals surface area (Å²) in [5.41, 5.74) is 0.766. The van der Waals surface area contributed by atoms with E-state index >= 15 is 0 Å². The van der Waals surface area contributed by atoms with Gasteiger partial charge in [-0.15, -0.1) is 0 Å². The Hall–Kier alpha value is -0.870. The number of imidazole rings is 1. The van der Waals surface area contributed by atoms with E-state index in [1.165, 1.54) is 0 Å². The van der Waals surface area contributed by atoms with Crippen LogP contribution in [0.4, 0.5) is 0 Å². The fourth-order valence-electron chi connectivity index (χ4n) is 1.77. The van der Waals surface area contributed by atoms with Crippen LogP contribution in [0.15, 0.2) is 12.5 Å². The minimum Gasteiger partial charge on any atom is -0.385 e. The zero-order valence-corrected chi connectivity index (χ0v) is 7.77. The van der Waals surface area contributed by atoms with Crippen molar-refractivity contribution in [1.29, 1.82) is 0 Å². The van der Waals surface area contributed by atoms with Gasteiger partial charge in [0.15, 0.2) is 0 Å². The Bertz CT molecular complexity index is 278. The first-order valence-electron chi connectivity index (χ1n) is 4.66. The van der Waals surface area contributed by atoms with Crippen LogP contribution >= 0.6 is 0 Å². The number of rotatable bonds is 2. The van der Waals surface area contributed by atoms with Gasteiger partial charge in [-0.25, -0.2) is 4.98 Å². The van der Waals surface area contributed by atoms with Crippen molar-refractivity contribution in [1.82, 2.24) is 14.9 Å². The number of nitrogens with zero attached hydrogens (tertiary/aromatic N) is 2. The molecular formula is C9H15N3O. The average Bonchev–Trinajstić information content (AvgIpc) is 2.72. The minimum absolute atomic E-state index is 0.190. The van der Waals surface area contributed by atoms with Crippen molar-refractivity contribution in [2.24, 2.45) is 7.05 Å². The fourth-order valence-corrected chi connectivity index (χ4v) is 1.77. The molecule has 0 aliphatic carbocycles. The van der Waals surface area contributed by atoms with Gasteiger partial charge in [-0.1, -0.05) is 0 Å². The minimum atomic E-state index is -0.455. The first-order chi connectivity index (χ1) is 6.27. The third-order valence-electron chi connectivity index (χ3n) is 2.51. The highest BCUT2D eigenvalue weighted by molar-refractivity contribution is 5.05. The fraction of sp³-hybridized carbons (Fsp3) is 0.667. The molecule has 0 aromatic carbocycles. The molecule has 0 amide bonds. The predicted molar refractivity (Wildman–Crippen MR) is 49.2 cm³/mol. The second kappa shape index (κ2) is 3.47. The highest BCUT2D eigenvalue weighted by Gasteiger charge is 2.25. The Morgan fingerprint density at radius 2 is 2.62 bits per heavy atom. The summed E-state index contributed by atoms with van der Waals surface area (Å²) >= 11 is 0. The van der Waals surface area contributed by atoms with Crippen LogP contribution in [0.1, 0.15) is 24.6 Å². The zero-order chi connectivity index (χ0) is 9.26. The summed E-state index contributed by atoms with van der Waals surface area (Å²) in [7, 11) is 1.91. The number of nitrogens with one attached hydrogen (secondary N) is 1. The lowest BCUT2D eigenvalue weighted by Crippen LogP contribution is -2.28. The Kier molecular flexibility index (Phi) is 2.33. The number of aliphatic hydroxyl groups excluding tert-OH is 1. The van der Waals surface area contributed by atoms with Gasteiger partial charge in [0.05, 0.1) is 12.0 Å².